The maximum absolute atomic E-state index is 6.94. The minimum atomic E-state index is -2.89. The van der Waals surface area contributed by atoms with E-state index in [2.05, 4.69) is 340 Å². The monoisotopic (exact) mass is 1750 g/mol. The standard InChI is InChI=1S/C44H32P2.C40H24BO4.C8H12.4CH2Cl2.Rh/c1-5-19-35(20-6-1)45(36-21-7-2-8-22-36)41-31-29-33-17-13-15-27-39(33)43(41)44-40-28-16-14-18-34(40)30-32-42(44)46(37-23-9-3-10-24-37)38-25-11-4-12-26-38;1-5-13-29-25(9-1)17-21-33-37(29)38-30-14-6-2-10-26(30)18-22-34(38)43-41(42-33)44-35-23-19-27-11-3-7-15-31(27)39(35)40-32-16-8-4-12-28(32)20-24-36(40)45-41;1-2-4-6-8-7-5-3-1;4*2-1-3;/h1-32H;1-24H;1-2,7-8H,3-6H2;4*1H2;/q;-1;;;;;;/p+2/b;;2-1-,8-7-;;;;;. The smallest absolute Gasteiger partial charge is 0.611 e. The fraction of sp³-hybridized carbons (Fsp3) is 0.0833. The number of alkyl halides is 8. The zero-order valence-electron chi connectivity index (χ0n) is 60.9. The second-order valence-electron chi connectivity index (χ2n) is 25.8. The summed E-state index contributed by atoms with van der Waals surface area (Å²) in [5.74, 6) is 2.54. The summed E-state index contributed by atoms with van der Waals surface area (Å²) in [6.45, 7) is -2.89. The van der Waals surface area contributed by atoms with Crippen LogP contribution in [0, 0.1) is 0 Å². The predicted molar refractivity (Wildman–Crippen MR) is 492 cm³/mol. The summed E-state index contributed by atoms with van der Waals surface area (Å²) in [6, 6.07) is 122. The van der Waals surface area contributed by atoms with Gasteiger partial charge in [0.15, 0.2) is 0 Å². The average Bonchev–Trinajstić information content (AvgIpc) is 1.39. The van der Waals surface area contributed by atoms with E-state index in [1.807, 2.05) is 24.3 Å². The van der Waals surface area contributed by atoms with Crippen molar-refractivity contribution < 1.29 is 38.1 Å². The molecular formula is C96H78BCl8O4P2Rh+. The van der Waals surface area contributed by atoms with Crippen molar-refractivity contribution in [3.05, 3.63) is 364 Å². The van der Waals surface area contributed by atoms with Gasteiger partial charge in [-0.05, 0) is 175 Å². The van der Waals surface area contributed by atoms with Crippen molar-refractivity contribution in [3.63, 3.8) is 0 Å². The third kappa shape index (κ3) is 19.2. The van der Waals surface area contributed by atoms with Gasteiger partial charge in [0.2, 0.25) is 0 Å². The van der Waals surface area contributed by atoms with Crippen molar-refractivity contribution in [1.82, 2.24) is 0 Å². The maximum Gasteiger partial charge on any atom is 0.777 e. The van der Waals surface area contributed by atoms with Crippen molar-refractivity contribution in [2.45, 2.75) is 25.7 Å². The van der Waals surface area contributed by atoms with Crippen LogP contribution in [0.2, 0.25) is 0 Å². The summed E-state index contributed by atoms with van der Waals surface area (Å²) >= 11 is 38.1. The Balaban J connectivity index is 0.000000166. The molecule has 0 saturated carbocycles. The number of allylic oxidation sites excluding steroid dienone is 4. The molecule has 1 spiro atoms. The number of halogens is 8. The van der Waals surface area contributed by atoms with Crippen molar-refractivity contribution in [3.8, 4) is 56.4 Å². The van der Waals surface area contributed by atoms with Crippen molar-refractivity contribution in [1.29, 1.82) is 0 Å². The van der Waals surface area contributed by atoms with Crippen LogP contribution in [-0.4, -0.2) is 28.3 Å². The molecule has 0 unspecified atom stereocenters. The minimum Gasteiger partial charge on any atom is -0.611 e. The normalized spacial score (nSPS) is 13.1. The van der Waals surface area contributed by atoms with Gasteiger partial charge in [0.05, 0.1) is 60.2 Å². The van der Waals surface area contributed by atoms with Crippen LogP contribution in [0.5, 0.6) is 23.0 Å². The van der Waals surface area contributed by atoms with Crippen LogP contribution in [0.1, 0.15) is 25.7 Å². The van der Waals surface area contributed by atoms with Gasteiger partial charge in [0.1, 0.15) is 31.8 Å². The van der Waals surface area contributed by atoms with E-state index in [0.717, 1.165) is 65.3 Å². The first-order valence-corrected chi connectivity index (χ1v) is 43.8. The number of hydrogen-bond donors (Lipinski definition) is 0. The van der Waals surface area contributed by atoms with E-state index in [-0.39, 0.29) is 40.8 Å². The van der Waals surface area contributed by atoms with Crippen molar-refractivity contribution in [2.24, 2.45) is 0 Å². The van der Waals surface area contributed by atoms with E-state index in [0.29, 0.717) is 23.0 Å². The molecule has 16 aromatic carbocycles. The van der Waals surface area contributed by atoms with Crippen LogP contribution >= 0.6 is 109 Å². The first kappa shape index (κ1) is 83.1. The van der Waals surface area contributed by atoms with Crippen LogP contribution in [-0.2, 0) is 19.5 Å². The minimum absolute atomic E-state index is 0. The predicted octanol–water partition coefficient (Wildman–Crippen LogP) is 27.3. The zero-order valence-corrected chi connectivity index (χ0v) is 70.6. The molecule has 0 amide bonds. The molecule has 0 atom stereocenters. The molecular weight excluding hydrogens is 1680 g/mol. The Morgan fingerprint density at radius 3 is 0.607 bits per heavy atom. The summed E-state index contributed by atoms with van der Waals surface area (Å²) in [5.41, 5.74) is 6.56. The molecule has 0 aromatic heterocycles. The molecule has 0 fully saturated rings. The summed E-state index contributed by atoms with van der Waals surface area (Å²) in [4.78, 5) is 0. The Kier molecular flexibility index (Phi) is 30.9. The van der Waals surface area contributed by atoms with Gasteiger partial charge >= 0.3 is 6.96 Å². The van der Waals surface area contributed by atoms with Gasteiger partial charge < -0.3 is 18.6 Å². The maximum atomic E-state index is 6.94. The third-order valence-electron chi connectivity index (χ3n) is 19.4. The third-order valence-corrected chi connectivity index (χ3v) is 24.9. The van der Waals surface area contributed by atoms with E-state index in [4.69, 9.17) is 111 Å². The molecule has 0 saturated heterocycles. The Morgan fingerprint density at radius 2 is 0.393 bits per heavy atom. The molecule has 16 aromatic rings. The quantitative estimate of drug-likeness (QED) is 0.0690. The number of fused-ring (bicyclic) bond motifs is 16. The topological polar surface area (TPSA) is 36.9 Å². The van der Waals surface area contributed by atoms with E-state index < -0.39 is 22.8 Å². The Morgan fingerprint density at radius 1 is 0.214 bits per heavy atom. The van der Waals surface area contributed by atoms with Gasteiger partial charge in [-0.1, -0.05) is 279 Å². The SMILES string of the molecule is C1=C\CC/C=C\CC/1.ClCCl.ClCCl.ClCCl.ClCCl.[Rh].c1ccc([PH+](c2ccccc2)c2ccc3ccccc3c2-c2c([PH+](c3ccccc3)c3ccccc3)ccc3ccccc23)cc1.c1ccc2c3c(ccc2c1)O[B-]1(Oc2ccc4ccccc4c2-3)Oc2ccc3ccccc3c2-c2c(ccc3ccccc23)O1. The van der Waals surface area contributed by atoms with Crippen LogP contribution < -0.4 is 50.4 Å². The van der Waals surface area contributed by atoms with Crippen LogP contribution in [0.3, 0.4) is 0 Å². The molecule has 0 N–H and O–H groups in total. The summed E-state index contributed by atoms with van der Waals surface area (Å²) in [6.07, 6.45) is 14.0. The Bertz CT molecular complexity index is 5220. The average molecular weight is 1750 g/mol. The molecule has 1 radical (unpaired) electrons. The van der Waals surface area contributed by atoms with Crippen molar-refractivity contribution in [2.75, 3.05) is 21.4 Å². The molecule has 563 valence electrons. The summed E-state index contributed by atoms with van der Waals surface area (Å²) < 4.78 is 27.8. The van der Waals surface area contributed by atoms with Gasteiger partial charge in [-0.2, -0.15) is 0 Å². The fourth-order valence-corrected chi connectivity index (χ4v) is 20.5. The second kappa shape index (κ2) is 41.6. The summed E-state index contributed by atoms with van der Waals surface area (Å²) in [5, 5.41) is 23.1. The largest absolute Gasteiger partial charge is 0.777 e. The summed E-state index contributed by atoms with van der Waals surface area (Å²) in [7, 11) is -2.74. The Labute approximate surface area is 711 Å². The fourth-order valence-electron chi connectivity index (χ4n) is 14.9. The van der Waals surface area contributed by atoms with E-state index in [1.165, 1.54) is 90.2 Å². The molecule has 2 heterocycles. The molecule has 16 heteroatoms. The zero-order chi connectivity index (χ0) is 76.7. The van der Waals surface area contributed by atoms with Crippen LogP contribution in [0.25, 0.3) is 98.0 Å². The molecule has 3 aliphatic rings. The van der Waals surface area contributed by atoms with Gasteiger partial charge in [0.25, 0.3) is 0 Å². The molecule has 1 aliphatic carbocycles. The molecule has 112 heavy (non-hydrogen) atoms. The van der Waals surface area contributed by atoms with Crippen molar-refractivity contribution >= 4 is 212 Å². The van der Waals surface area contributed by atoms with Gasteiger partial charge in [0, 0.05) is 52.9 Å². The first-order valence-electron chi connectivity index (χ1n) is 36.5. The number of hydrogen-bond acceptors (Lipinski definition) is 4. The second-order valence-corrected chi connectivity index (χ2v) is 33.9. The van der Waals surface area contributed by atoms with Gasteiger partial charge in [-0.3, -0.25) is 0 Å². The van der Waals surface area contributed by atoms with E-state index in [9.17, 15) is 0 Å². The number of benzene rings is 16. The Hall–Kier alpha value is -8.37. The molecule has 2 aliphatic heterocycles. The van der Waals surface area contributed by atoms with E-state index in [1.54, 1.807) is 0 Å². The van der Waals surface area contributed by atoms with Crippen LogP contribution in [0.15, 0.2) is 364 Å². The molecule has 0 bridgehead atoms. The first-order chi connectivity index (χ1) is 54.8. The molecule has 19 rings (SSSR count). The van der Waals surface area contributed by atoms with Gasteiger partial charge in [-0.15, -0.1) is 92.8 Å². The molecule has 4 nitrogen and oxygen atoms in total. The number of rotatable bonds is 7. The van der Waals surface area contributed by atoms with E-state index >= 15 is 0 Å². The van der Waals surface area contributed by atoms with Gasteiger partial charge in [-0.25, -0.2) is 0 Å². The van der Waals surface area contributed by atoms with Crippen LogP contribution in [0.4, 0.5) is 0 Å².